The first-order valence-corrected chi connectivity index (χ1v) is 13.0. The molecule has 1 aliphatic rings. The molecule has 0 fully saturated rings. The van der Waals surface area contributed by atoms with Gasteiger partial charge >= 0.3 is 5.97 Å². The molecule has 0 radical (unpaired) electrons. The van der Waals surface area contributed by atoms with E-state index in [0.29, 0.717) is 35.4 Å². The van der Waals surface area contributed by atoms with E-state index < -0.39 is 22.7 Å². The van der Waals surface area contributed by atoms with E-state index in [0.717, 1.165) is 10.5 Å². The molecule has 0 unspecified atom stereocenters. The third-order valence-corrected chi connectivity index (χ3v) is 6.96. The summed E-state index contributed by atoms with van der Waals surface area (Å²) in [4.78, 5) is 62.1. The zero-order valence-corrected chi connectivity index (χ0v) is 21.4. The Morgan fingerprint density at radius 2 is 1.76 bits per heavy atom. The van der Waals surface area contributed by atoms with Crippen molar-refractivity contribution in [2.24, 2.45) is 0 Å². The van der Waals surface area contributed by atoms with Crippen LogP contribution in [0.2, 0.25) is 0 Å². The lowest BCUT2D eigenvalue weighted by molar-refractivity contribution is -0.385. The molecule has 3 aromatic rings. The third-order valence-electron chi connectivity index (χ3n) is 6.07. The fraction of sp³-hybridized carbons (Fsp3) is 0.259. The molecule has 11 heteroatoms. The Hall–Kier alpha value is -4.38. The summed E-state index contributed by atoms with van der Waals surface area (Å²) in [5.74, 6) is -2.00. The maximum Gasteiger partial charge on any atom is 0.341 e. The van der Waals surface area contributed by atoms with Gasteiger partial charge in [0.25, 0.3) is 17.5 Å². The number of esters is 1. The van der Waals surface area contributed by atoms with Crippen LogP contribution in [-0.2, 0) is 9.53 Å². The zero-order chi connectivity index (χ0) is 27.2. The van der Waals surface area contributed by atoms with Gasteiger partial charge in [-0.1, -0.05) is 42.8 Å². The number of hydrogen-bond acceptors (Lipinski definition) is 8. The summed E-state index contributed by atoms with van der Waals surface area (Å²) < 4.78 is 5.21. The number of nitrogens with zero attached hydrogens (tertiary/aromatic N) is 2. The van der Waals surface area contributed by atoms with Gasteiger partial charge in [0.1, 0.15) is 16.1 Å². The molecule has 2 aromatic carbocycles. The number of rotatable bonds is 11. The van der Waals surface area contributed by atoms with Crippen molar-refractivity contribution in [2.75, 3.05) is 18.5 Å². The van der Waals surface area contributed by atoms with Crippen molar-refractivity contribution in [2.45, 2.75) is 32.6 Å². The number of nitrogens with one attached hydrogen (secondary N) is 1. The first kappa shape index (κ1) is 26.7. The predicted molar refractivity (Wildman–Crippen MR) is 141 cm³/mol. The van der Waals surface area contributed by atoms with Crippen molar-refractivity contribution in [1.82, 2.24) is 4.90 Å². The van der Waals surface area contributed by atoms with E-state index in [9.17, 15) is 29.3 Å². The quantitative estimate of drug-likeness (QED) is 0.116. The average molecular weight is 536 g/mol. The van der Waals surface area contributed by atoms with Crippen LogP contribution in [0.1, 0.15) is 63.7 Å². The van der Waals surface area contributed by atoms with E-state index in [1.54, 1.807) is 6.92 Å². The van der Waals surface area contributed by atoms with Gasteiger partial charge in [0, 0.05) is 30.0 Å². The van der Waals surface area contributed by atoms with Crippen molar-refractivity contribution in [3.63, 3.8) is 0 Å². The number of hydrogen-bond donors (Lipinski definition) is 1. The average Bonchev–Trinajstić information content (AvgIpc) is 3.43. The molecule has 0 aliphatic carbocycles. The van der Waals surface area contributed by atoms with Crippen LogP contribution in [0.3, 0.4) is 0 Å². The number of carbonyl (C=O) groups excluding carboxylic acids is 4. The largest absolute Gasteiger partial charge is 0.462 e. The van der Waals surface area contributed by atoms with Gasteiger partial charge in [0.05, 0.1) is 17.1 Å². The van der Waals surface area contributed by atoms with Crippen LogP contribution in [0.25, 0.3) is 11.1 Å². The van der Waals surface area contributed by atoms with Crippen LogP contribution in [0.15, 0.2) is 53.9 Å². The fourth-order valence-corrected chi connectivity index (χ4v) is 5.25. The van der Waals surface area contributed by atoms with E-state index in [-0.39, 0.29) is 42.3 Å². The molecule has 196 valence electrons. The summed E-state index contributed by atoms with van der Waals surface area (Å²) in [6.07, 6.45) is 1.65. The Morgan fingerprint density at radius 3 is 2.47 bits per heavy atom. The second kappa shape index (κ2) is 11.8. The minimum atomic E-state index is -0.673. The molecule has 0 spiro atoms. The van der Waals surface area contributed by atoms with Gasteiger partial charge in [-0.05, 0) is 31.4 Å². The van der Waals surface area contributed by atoms with Crippen molar-refractivity contribution in [3.05, 3.63) is 80.7 Å². The van der Waals surface area contributed by atoms with Gasteiger partial charge < -0.3 is 10.1 Å². The molecule has 10 nitrogen and oxygen atoms in total. The predicted octanol–water partition coefficient (Wildman–Crippen LogP) is 5.30. The fourth-order valence-electron chi connectivity index (χ4n) is 4.28. The molecular formula is C27H25N3O7S. The van der Waals surface area contributed by atoms with Crippen LogP contribution in [-0.4, -0.2) is 46.7 Å². The van der Waals surface area contributed by atoms with Crippen LogP contribution < -0.4 is 5.32 Å². The van der Waals surface area contributed by atoms with Crippen LogP contribution >= 0.6 is 11.3 Å². The number of amides is 3. The number of carbonyl (C=O) groups is 4. The summed E-state index contributed by atoms with van der Waals surface area (Å²) in [7, 11) is 0. The van der Waals surface area contributed by atoms with Crippen LogP contribution in [0, 0.1) is 10.1 Å². The van der Waals surface area contributed by atoms with Gasteiger partial charge in [-0.15, -0.1) is 11.3 Å². The number of imide groups is 1. The second-order valence-corrected chi connectivity index (χ2v) is 9.40. The maximum absolute atomic E-state index is 12.7. The monoisotopic (exact) mass is 535 g/mol. The van der Waals surface area contributed by atoms with Crippen molar-refractivity contribution >= 4 is 45.7 Å². The van der Waals surface area contributed by atoms with E-state index in [2.05, 4.69) is 5.32 Å². The highest BCUT2D eigenvalue weighted by Crippen LogP contribution is 2.36. The highest BCUT2D eigenvalue weighted by Gasteiger charge is 2.40. The number of unbranched alkanes of at least 4 members (excludes halogenated alkanes) is 2. The number of ether oxygens (including phenoxy) is 1. The van der Waals surface area contributed by atoms with Crippen molar-refractivity contribution in [1.29, 1.82) is 0 Å². The number of nitro groups is 1. The summed E-state index contributed by atoms with van der Waals surface area (Å²) >= 11 is 1.25. The minimum absolute atomic E-state index is 0.0341. The first-order chi connectivity index (χ1) is 18.3. The van der Waals surface area contributed by atoms with Gasteiger partial charge in [-0.3, -0.25) is 29.4 Å². The van der Waals surface area contributed by atoms with E-state index in [1.165, 1.54) is 29.5 Å². The number of nitro benzene ring substituents is 1. The standard InChI is InChI=1S/C27H25N3O7S/c1-2-37-27(34)23-19(17-10-5-3-6-11-17)16-38-24(23)28-21(31)14-7-4-8-15-29-25(32)18-12-9-13-20(30(35)36)22(18)26(29)33/h3,5-6,9-13,16H,2,4,7-8,14-15H2,1H3,(H,28,31). The van der Waals surface area contributed by atoms with Gasteiger partial charge in [-0.2, -0.15) is 0 Å². The lowest BCUT2D eigenvalue weighted by atomic mass is 10.0. The molecule has 0 saturated heterocycles. The topological polar surface area (TPSA) is 136 Å². The minimum Gasteiger partial charge on any atom is -0.462 e. The van der Waals surface area contributed by atoms with Crippen molar-refractivity contribution in [3.8, 4) is 11.1 Å². The molecule has 2 heterocycles. The van der Waals surface area contributed by atoms with Crippen LogP contribution in [0.5, 0.6) is 0 Å². The first-order valence-electron chi connectivity index (χ1n) is 12.1. The van der Waals surface area contributed by atoms with E-state index >= 15 is 0 Å². The van der Waals surface area contributed by atoms with E-state index in [4.69, 9.17) is 4.74 Å². The highest BCUT2D eigenvalue weighted by molar-refractivity contribution is 7.15. The molecule has 0 atom stereocenters. The summed E-state index contributed by atoms with van der Waals surface area (Å²) in [5, 5.41) is 16.3. The van der Waals surface area contributed by atoms with Crippen molar-refractivity contribution < 1.29 is 28.8 Å². The highest BCUT2D eigenvalue weighted by atomic mass is 32.1. The van der Waals surface area contributed by atoms with E-state index in [1.807, 2.05) is 35.7 Å². The lowest BCUT2D eigenvalue weighted by Gasteiger charge is -2.13. The number of thiophene rings is 1. The number of benzene rings is 2. The van der Waals surface area contributed by atoms with Gasteiger partial charge in [-0.25, -0.2) is 4.79 Å². The summed E-state index contributed by atoms with van der Waals surface area (Å²) in [6.45, 7) is 2.02. The summed E-state index contributed by atoms with van der Waals surface area (Å²) in [6, 6.07) is 13.4. The Bertz CT molecular complexity index is 1400. The molecule has 1 aromatic heterocycles. The number of anilines is 1. The Morgan fingerprint density at radius 1 is 1.00 bits per heavy atom. The zero-order valence-electron chi connectivity index (χ0n) is 20.6. The molecular weight excluding hydrogens is 510 g/mol. The maximum atomic E-state index is 12.7. The molecule has 0 saturated carbocycles. The number of fused-ring (bicyclic) bond motifs is 1. The second-order valence-electron chi connectivity index (χ2n) is 8.52. The Balaban J connectivity index is 1.31. The Kier molecular flexibility index (Phi) is 8.27. The normalized spacial score (nSPS) is 12.4. The van der Waals surface area contributed by atoms with Gasteiger partial charge in [0.15, 0.2) is 0 Å². The lowest BCUT2D eigenvalue weighted by Crippen LogP contribution is -2.30. The molecule has 38 heavy (non-hydrogen) atoms. The smallest absolute Gasteiger partial charge is 0.341 e. The Labute approximate surface area is 222 Å². The molecule has 0 bridgehead atoms. The third kappa shape index (κ3) is 5.47. The SMILES string of the molecule is CCOC(=O)c1c(-c2ccccc2)csc1NC(=O)CCCCCN1C(=O)c2cccc([N+](=O)[O-])c2C1=O. The molecule has 1 aliphatic heterocycles. The van der Waals surface area contributed by atoms with Crippen LogP contribution in [0.4, 0.5) is 10.7 Å². The van der Waals surface area contributed by atoms with Gasteiger partial charge in [0.2, 0.25) is 5.91 Å². The molecule has 3 amide bonds. The molecule has 1 N–H and O–H groups in total. The molecule has 4 rings (SSSR count). The summed E-state index contributed by atoms with van der Waals surface area (Å²) in [5.41, 5.74) is 1.32.